The molecule has 0 saturated carbocycles. The Bertz CT molecular complexity index is 3620. The van der Waals surface area contributed by atoms with Crippen molar-refractivity contribution in [3.05, 3.63) is 146 Å². The first-order valence-corrected chi connectivity index (χ1v) is 27.4. The highest BCUT2D eigenvalue weighted by Crippen LogP contribution is 2.35. The van der Waals surface area contributed by atoms with Crippen LogP contribution in [0, 0.1) is 16.6 Å². The predicted octanol–water partition coefficient (Wildman–Crippen LogP) is 9.93. The molecule has 10 rings (SSSR count). The molecular weight excluding hydrogens is 1000 g/mol. The Hall–Kier alpha value is -7.05. The van der Waals surface area contributed by atoms with Gasteiger partial charge in [-0.2, -0.15) is 5.10 Å². The average Bonchev–Trinajstić information content (AvgIpc) is 4.21. The lowest BCUT2D eigenvalue weighted by Gasteiger charge is -2.17. The predicted molar refractivity (Wildman–Crippen MR) is 313 cm³/mol. The van der Waals surface area contributed by atoms with Crippen molar-refractivity contribution in [2.75, 3.05) is 0 Å². The van der Waals surface area contributed by atoms with Gasteiger partial charge in [-0.1, -0.05) is 132 Å². The Kier molecular flexibility index (Phi) is 16.9. The number of nitrogens with one attached hydrogen (secondary N) is 5. The molecule has 79 heavy (non-hydrogen) atoms. The quantitative estimate of drug-likeness (QED) is 0.110. The lowest BCUT2D eigenvalue weighted by atomic mass is 9.91. The van der Waals surface area contributed by atoms with E-state index in [9.17, 15) is 28.4 Å². The van der Waals surface area contributed by atoms with Gasteiger partial charge in [0.2, 0.25) is 0 Å². The maximum Gasteiger partial charge on any atom is 0.275 e. The molecule has 0 unspecified atom stereocenters. The van der Waals surface area contributed by atoms with Crippen LogP contribution in [0.2, 0.25) is 0 Å². The van der Waals surface area contributed by atoms with E-state index in [1.807, 2.05) is 110 Å². The number of H-pyrrole nitrogens is 5. The van der Waals surface area contributed by atoms with Crippen molar-refractivity contribution < 1.29 is 4.39 Å². The monoisotopic (exact) mass is 1090 g/mol. The van der Waals surface area contributed by atoms with Crippen molar-refractivity contribution in [1.29, 1.82) is 0 Å². The number of halogens is 1. The van der Waals surface area contributed by atoms with Crippen molar-refractivity contribution in [3.8, 4) is 0 Å². The van der Waals surface area contributed by atoms with E-state index in [0.717, 1.165) is 102 Å². The summed E-state index contributed by atoms with van der Waals surface area (Å²) in [5, 5.41) is 5.47. The third kappa shape index (κ3) is 14.4. The molecule has 0 saturated heterocycles. The Morgan fingerprint density at radius 1 is 0.481 bits per heavy atom. The van der Waals surface area contributed by atoms with Gasteiger partial charge < -0.3 is 34.1 Å². The van der Waals surface area contributed by atoms with Crippen LogP contribution in [-0.2, 0) is 65.8 Å². The van der Waals surface area contributed by atoms with E-state index in [1.54, 1.807) is 0 Å². The second-order valence-electron chi connectivity index (χ2n) is 27.8. The lowest BCUT2D eigenvalue weighted by molar-refractivity contribution is 0.389. The largest absolute Gasteiger partial charge is 0.333 e. The fourth-order valence-electron chi connectivity index (χ4n) is 9.13. The van der Waals surface area contributed by atoms with Crippen LogP contribution in [0.3, 0.4) is 0 Å². The minimum Gasteiger partial charge on any atom is -0.333 e. The minimum absolute atomic E-state index is 0.0536. The first kappa shape index (κ1) is 61.2. The Morgan fingerprint density at radius 2 is 0.810 bits per heavy atom. The normalized spacial score (nSPS) is 14.8. The molecule has 0 aromatic carbocycles. The SMILES string of the molecule is CC(C)(C)c1nn2cc(F)cc2c(=O)[nH]1.CC1(C)Cc2nc(C(C)(C)C)[nH]c(=O)c2C1.CC1(C)Cc2nc(C(C)(C)C)[nH]c(=O)c2C1.CCn1ccc2c(=O)[nH]c(C(C)(C)C)nc21.CCn1ccc2c(=O)[nH]c(C(C)(C)C)nc21. The molecule has 0 amide bonds. The molecule has 19 heteroatoms. The number of aromatic amines is 5. The molecule has 0 bridgehead atoms. The molecule has 0 atom stereocenters. The van der Waals surface area contributed by atoms with E-state index < -0.39 is 5.82 Å². The molecule has 428 valence electrons. The summed E-state index contributed by atoms with van der Waals surface area (Å²) in [6.07, 6.45) is 8.51. The summed E-state index contributed by atoms with van der Waals surface area (Å²) in [6.45, 7) is 44.9. The zero-order valence-corrected chi connectivity index (χ0v) is 50.7. The van der Waals surface area contributed by atoms with Gasteiger partial charge in [-0.15, -0.1) is 0 Å². The van der Waals surface area contributed by atoms with Crippen LogP contribution in [0.4, 0.5) is 4.39 Å². The van der Waals surface area contributed by atoms with Crippen LogP contribution in [0.15, 0.2) is 60.8 Å². The van der Waals surface area contributed by atoms with Crippen LogP contribution in [-0.4, -0.2) is 63.6 Å². The fourth-order valence-corrected chi connectivity index (χ4v) is 9.13. The summed E-state index contributed by atoms with van der Waals surface area (Å²) in [5.74, 6) is 3.15. The molecule has 0 fully saturated rings. The second kappa shape index (κ2) is 21.9. The zero-order valence-electron chi connectivity index (χ0n) is 50.7. The Balaban J connectivity index is 0.000000160. The summed E-state index contributed by atoms with van der Waals surface area (Å²) in [6, 6.07) is 4.80. The summed E-state index contributed by atoms with van der Waals surface area (Å²) in [5.41, 5.74) is 4.84. The van der Waals surface area contributed by atoms with Gasteiger partial charge in [0.15, 0.2) is 0 Å². The third-order valence-corrected chi connectivity index (χ3v) is 13.7. The number of fused-ring (bicyclic) bond motifs is 5. The van der Waals surface area contributed by atoms with Gasteiger partial charge in [0, 0.05) is 69.8 Å². The molecule has 2 aliphatic rings. The third-order valence-electron chi connectivity index (χ3n) is 13.7. The van der Waals surface area contributed by atoms with Crippen molar-refractivity contribution in [2.24, 2.45) is 10.8 Å². The summed E-state index contributed by atoms with van der Waals surface area (Å²) in [4.78, 5) is 91.8. The minimum atomic E-state index is -0.459. The standard InChI is InChI=1S/2C13H20N2O.2C12H17N3O.C10H12FN3O/c2*1-12(2,3)11-14-9-7-13(4,5)6-8(9)10(16)15-11;2*1-5-15-7-6-8-9(15)13-11(12(2,3)4)14-10(8)16;1-10(2,3)9-12-8(15)7-4-6(11)5-14(7)13-9/h2*6-7H2,1-5H3,(H,14,15,16);2*6-7H,5H2,1-4H3,(H,13,14,16);4-5H,1-3H3,(H,12,13,15). The van der Waals surface area contributed by atoms with Gasteiger partial charge >= 0.3 is 0 Å². The molecule has 8 aromatic rings. The van der Waals surface area contributed by atoms with E-state index in [0.29, 0.717) is 16.6 Å². The maximum absolute atomic E-state index is 12.9. The Morgan fingerprint density at radius 3 is 1.15 bits per heavy atom. The highest BCUT2D eigenvalue weighted by molar-refractivity contribution is 5.75. The van der Waals surface area contributed by atoms with Gasteiger partial charge in [0.1, 0.15) is 51.8 Å². The highest BCUT2D eigenvalue weighted by Gasteiger charge is 2.35. The van der Waals surface area contributed by atoms with Crippen molar-refractivity contribution in [1.82, 2.24) is 63.6 Å². The van der Waals surface area contributed by atoms with E-state index in [1.165, 1.54) is 10.7 Å². The van der Waals surface area contributed by atoms with Crippen LogP contribution in [0.25, 0.3) is 27.6 Å². The van der Waals surface area contributed by atoms with Crippen LogP contribution < -0.4 is 27.8 Å². The summed E-state index contributed by atoms with van der Waals surface area (Å²) < 4.78 is 18.2. The Labute approximate surface area is 462 Å². The van der Waals surface area contributed by atoms with E-state index in [-0.39, 0.29) is 71.2 Å². The fraction of sp³-hybridized carbons (Fsp3) is 0.567. The van der Waals surface area contributed by atoms with Gasteiger partial charge in [-0.05, 0) is 62.5 Å². The molecule has 0 radical (unpaired) electrons. The molecule has 0 spiro atoms. The number of aromatic nitrogens is 13. The maximum atomic E-state index is 12.9. The van der Waals surface area contributed by atoms with E-state index in [4.69, 9.17) is 0 Å². The average molecular weight is 1090 g/mol. The van der Waals surface area contributed by atoms with Crippen molar-refractivity contribution >= 4 is 27.6 Å². The number of hydrogen-bond donors (Lipinski definition) is 5. The van der Waals surface area contributed by atoms with Crippen LogP contribution >= 0.6 is 0 Å². The van der Waals surface area contributed by atoms with Gasteiger partial charge in [0.05, 0.1) is 28.4 Å². The lowest BCUT2D eigenvalue weighted by Crippen LogP contribution is -2.24. The van der Waals surface area contributed by atoms with Gasteiger partial charge in [0.25, 0.3) is 27.8 Å². The molecule has 8 aromatic heterocycles. The first-order valence-electron chi connectivity index (χ1n) is 27.4. The smallest absolute Gasteiger partial charge is 0.275 e. The highest BCUT2D eigenvalue weighted by atomic mass is 19.1. The number of hydrogen-bond acceptors (Lipinski definition) is 10. The molecule has 18 nitrogen and oxygen atoms in total. The summed E-state index contributed by atoms with van der Waals surface area (Å²) in [7, 11) is 0. The molecule has 0 aliphatic heterocycles. The zero-order chi connectivity index (χ0) is 59.3. The molecule has 2 aliphatic carbocycles. The number of nitrogens with zero attached hydrogens (tertiary/aromatic N) is 8. The topological polar surface area (TPSA) is 243 Å². The van der Waals surface area contributed by atoms with Gasteiger partial charge in [-0.25, -0.2) is 28.8 Å². The second-order valence-corrected chi connectivity index (χ2v) is 27.8. The van der Waals surface area contributed by atoms with E-state index >= 15 is 0 Å². The number of aryl methyl sites for hydroxylation is 2. The van der Waals surface area contributed by atoms with E-state index in [2.05, 4.69) is 119 Å². The van der Waals surface area contributed by atoms with Crippen LogP contribution in [0.1, 0.15) is 197 Å². The molecule has 5 N–H and O–H groups in total. The molecule has 8 heterocycles. The van der Waals surface area contributed by atoms with Crippen molar-refractivity contribution in [2.45, 2.75) is 211 Å². The molecular formula is C60H86FN13O5. The van der Waals surface area contributed by atoms with Gasteiger partial charge in [-0.3, -0.25) is 24.0 Å². The first-order chi connectivity index (χ1) is 36.1. The number of rotatable bonds is 2. The van der Waals surface area contributed by atoms with Crippen LogP contribution in [0.5, 0.6) is 0 Å². The summed E-state index contributed by atoms with van der Waals surface area (Å²) >= 11 is 0. The van der Waals surface area contributed by atoms with Crippen molar-refractivity contribution in [3.63, 3.8) is 0 Å².